The summed E-state index contributed by atoms with van der Waals surface area (Å²) in [5, 5.41) is 12.2. The first-order chi connectivity index (χ1) is 34.1. The van der Waals surface area contributed by atoms with Crippen LogP contribution in [0.2, 0.25) is 0 Å². The lowest BCUT2D eigenvalue weighted by molar-refractivity contribution is 0.669. The molecule has 2 aromatic heterocycles. The van der Waals surface area contributed by atoms with Crippen molar-refractivity contribution in [2.24, 2.45) is 0 Å². The van der Waals surface area contributed by atoms with Gasteiger partial charge in [-0.2, -0.15) is 0 Å². The Morgan fingerprint density at radius 2 is 0.870 bits per heavy atom. The van der Waals surface area contributed by atoms with Crippen LogP contribution in [0, 0.1) is 0 Å². The average Bonchev–Trinajstić information content (AvgIpc) is 3.97. The number of furan rings is 1. The molecule has 0 N–H and O–H groups in total. The van der Waals surface area contributed by atoms with Crippen molar-refractivity contribution in [2.45, 2.75) is 0 Å². The molecule has 14 aromatic rings. The van der Waals surface area contributed by atoms with Crippen molar-refractivity contribution in [1.82, 2.24) is 4.57 Å². The van der Waals surface area contributed by atoms with Crippen molar-refractivity contribution in [3.8, 4) is 61.3 Å². The van der Waals surface area contributed by atoms with Gasteiger partial charge in [0.1, 0.15) is 11.2 Å². The van der Waals surface area contributed by atoms with Crippen LogP contribution >= 0.6 is 15.9 Å². The fraction of sp³-hybridized carbons (Fsp3) is 0. The van der Waals surface area contributed by atoms with Gasteiger partial charge in [0, 0.05) is 37.3 Å². The third-order valence-corrected chi connectivity index (χ3v) is 14.6. The van der Waals surface area contributed by atoms with E-state index in [1.807, 2.05) is 12.1 Å². The molecule has 0 amide bonds. The van der Waals surface area contributed by atoms with Crippen LogP contribution in [0.5, 0.6) is 0 Å². The van der Waals surface area contributed by atoms with Gasteiger partial charge in [0.25, 0.3) is 0 Å². The van der Waals surface area contributed by atoms with Gasteiger partial charge in [0.2, 0.25) is 0 Å². The number of hydrogen-bond donors (Lipinski definition) is 0. The second-order valence-corrected chi connectivity index (χ2v) is 19.1. The maximum absolute atomic E-state index is 6.24. The molecular weight excluding hydrogens is 903 g/mol. The Morgan fingerprint density at radius 1 is 0.304 bits per heavy atom. The zero-order chi connectivity index (χ0) is 45.6. The smallest absolute Gasteiger partial charge is 0.136 e. The number of halogens is 1. The van der Waals surface area contributed by atoms with Crippen LogP contribution in [0.1, 0.15) is 0 Å². The van der Waals surface area contributed by atoms with E-state index in [0.29, 0.717) is 0 Å². The summed E-state index contributed by atoms with van der Waals surface area (Å²) in [4.78, 5) is 0. The van der Waals surface area contributed by atoms with Crippen molar-refractivity contribution in [3.05, 3.63) is 247 Å². The third-order valence-electron chi connectivity index (χ3n) is 14.2. The molecule has 0 bridgehead atoms. The summed E-state index contributed by atoms with van der Waals surface area (Å²) in [6, 6.07) is 88.6. The standard InChI is InChI=1S/C66H40BrNO/c67-52-39-49(43-27-30-54-44(33-43)25-26-45-34-46(28-31-55(45)54)57-20-12-24-63-65(57)59-19-9-10-23-62(59)69-63)36-50(40-52)48-35-47(41-13-3-1-4-14-41)37-51(38-48)58-21-11-22-60-64-56-18-8-7-15-42(56)29-32-61(64)68(66(58)60)53-16-5-2-6-17-53/h1-40H. The second-order valence-electron chi connectivity index (χ2n) is 18.2. The van der Waals surface area contributed by atoms with Crippen LogP contribution in [-0.4, -0.2) is 4.57 Å². The molecule has 2 heterocycles. The molecule has 0 aliphatic rings. The summed E-state index contributed by atoms with van der Waals surface area (Å²) in [5.74, 6) is 0. The van der Waals surface area contributed by atoms with E-state index in [1.165, 1.54) is 93.1 Å². The lowest BCUT2D eigenvalue weighted by atomic mass is 9.91. The second kappa shape index (κ2) is 15.8. The highest BCUT2D eigenvalue weighted by Crippen LogP contribution is 2.44. The van der Waals surface area contributed by atoms with Gasteiger partial charge in [-0.25, -0.2) is 0 Å². The van der Waals surface area contributed by atoms with Gasteiger partial charge in [-0.15, -0.1) is 0 Å². The largest absolute Gasteiger partial charge is 0.456 e. The molecule has 12 aromatic carbocycles. The number of nitrogens with zero attached hydrogens (tertiary/aromatic N) is 1. The molecule has 322 valence electrons. The molecule has 0 radical (unpaired) electrons. The number of rotatable bonds is 6. The quantitative estimate of drug-likeness (QED) is 0.152. The summed E-state index contributed by atoms with van der Waals surface area (Å²) in [6.45, 7) is 0. The highest BCUT2D eigenvalue weighted by Gasteiger charge is 2.20. The van der Waals surface area contributed by atoms with E-state index in [4.69, 9.17) is 4.42 Å². The van der Waals surface area contributed by atoms with Crippen molar-refractivity contribution in [1.29, 1.82) is 0 Å². The van der Waals surface area contributed by atoms with Crippen molar-refractivity contribution >= 4 is 92.0 Å². The summed E-state index contributed by atoms with van der Waals surface area (Å²) < 4.78 is 9.74. The molecule has 69 heavy (non-hydrogen) atoms. The summed E-state index contributed by atoms with van der Waals surface area (Å²) in [5.41, 5.74) is 17.1. The lowest BCUT2D eigenvalue weighted by Gasteiger charge is -2.15. The minimum Gasteiger partial charge on any atom is -0.456 e. The Labute approximate surface area is 407 Å². The zero-order valence-electron chi connectivity index (χ0n) is 37.3. The van der Waals surface area contributed by atoms with Gasteiger partial charge in [-0.3, -0.25) is 0 Å². The molecule has 0 aliphatic heterocycles. The Balaban J connectivity index is 0.903. The molecule has 0 atom stereocenters. The lowest BCUT2D eigenvalue weighted by Crippen LogP contribution is -1.95. The molecule has 3 heteroatoms. The van der Waals surface area contributed by atoms with E-state index in [9.17, 15) is 0 Å². The van der Waals surface area contributed by atoms with E-state index < -0.39 is 0 Å². The minimum atomic E-state index is 0.912. The Hall–Kier alpha value is -8.50. The predicted octanol–water partition coefficient (Wildman–Crippen LogP) is 19.2. The Kier molecular flexibility index (Phi) is 9.08. The van der Waals surface area contributed by atoms with Crippen LogP contribution in [0.4, 0.5) is 0 Å². The first-order valence-corrected chi connectivity index (χ1v) is 24.3. The Bertz CT molecular complexity index is 4370. The molecule has 0 saturated carbocycles. The van der Waals surface area contributed by atoms with Crippen molar-refractivity contribution in [2.75, 3.05) is 0 Å². The number of fused-ring (bicyclic) bond motifs is 11. The highest BCUT2D eigenvalue weighted by molar-refractivity contribution is 9.10. The van der Waals surface area contributed by atoms with Crippen LogP contribution < -0.4 is 0 Å². The first-order valence-electron chi connectivity index (χ1n) is 23.5. The molecule has 2 nitrogen and oxygen atoms in total. The van der Waals surface area contributed by atoms with E-state index in [0.717, 1.165) is 48.8 Å². The maximum Gasteiger partial charge on any atom is 0.136 e. The average molecular weight is 943 g/mol. The summed E-state index contributed by atoms with van der Waals surface area (Å²) >= 11 is 3.97. The van der Waals surface area contributed by atoms with Crippen molar-refractivity contribution < 1.29 is 4.42 Å². The fourth-order valence-electron chi connectivity index (χ4n) is 11.0. The van der Waals surface area contributed by atoms with Gasteiger partial charge in [-0.05, 0) is 161 Å². The van der Waals surface area contributed by atoms with Gasteiger partial charge in [-0.1, -0.05) is 180 Å². The minimum absolute atomic E-state index is 0.912. The first kappa shape index (κ1) is 39.6. The third kappa shape index (κ3) is 6.54. The predicted molar refractivity (Wildman–Crippen MR) is 295 cm³/mol. The number of aromatic nitrogens is 1. The molecule has 14 rings (SSSR count). The molecule has 0 fully saturated rings. The van der Waals surface area contributed by atoms with Crippen molar-refractivity contribution in [3.63, 3.8) is 0 Å². The van der Waals surface area contributed by atoms with E-state index >= 15 is 0 Å². The number of benzene rings is 12. The van der Waals surface area contributed by atoms with Crippen LogP contribution in [0.25, 0.3) is 137 Å². The molecule has 0 spiro atoms. The van der Waals surface area contributed by atoms with E-state index in [1.54, 1.807) is 0 Å². The summed E-state index contributed by atoms with van der Waals surface area (Å²) in [6.07, 6.45) is 0. The molecule has 0 aliphatic carbocycles. The maximum atomic E-state index is 6.24. The van der Waals surface area contributed by atoms with E-state index in [-0.39, 0.29) is 0 Å². The monoisotopic (exact) mass is 941 g/mol. The number of hydrogen-bond acceptors (Lipinski definition) is 1. The van der Waals surface area contributed by atoms with Gasteiger partial charge >= 0.3 is 0 Å². The normalized spacial score (nSPS) is 11.8. The van der Waals surface area contributed by atoms with Gasteiger partial charge in [0.05, 0.1) is 11.0 Å². The summed E-state index contributed by atoms with van der Waals surface area (Å²) in [7, 11) is 0. The molecular formula is C66H40BrNO. The highest BCUT2D eigenvalue weighted by atomic mass is 79.9. The van der Waals surface area contributed by atoms with E-state index in [2.05, 4.69) is 251 Å². The SMILES string of the molecule is Brc1cc(-c2cc(-c3ccccc3)cc(-c3cccc4c5c6ccccc6ccc5n(-c5ccccc5)c34)c2)cc(-c2ccc3c(ccc4cc(-c5cccc6oc7ccccc7c56)ccc43)c2)c1. The Morgan fingerprint density at radius 3 is 1.67 bits per heavy atom. The van der Waals surface area contributed by atoms with Crippen LogP contribution in [0.15, 0.2) is 252 Å². The molecule has 0 saturated heterocycles. The molecule has 0 unspecified atom stereocenters. The fourth-order valence-corrected chi connectivity index (χ4v) is 11.5. The zero-order valence-corrected chi connectivity index (χ0v) is 38.9. The topological polar surface area (TPSA) is 18.1 Å². The van der Waals surface area contributed by atoms with Crippen LogP contribution in [0.3, 0.4) is 0 Å². The van der Waals surface area contributed by atoms with Crippen LogP contribution in [-0.2, 0) is 0 Å². The number of para-hydroxylation sites is 3. The van der Waals surface area contributed by atoms with Gasteiger partial charge in [0.15, 0.2) is 0 Å². The van der Waals surface area contributed by atoms with Gasteiger partial charge < -0.3 is 8.98 Å².